The van der Waals surface area contributed by atoms with Crippen molar-refractivity contribution in [3.8, 4) is 0 Å². The zero-order valence-corrected chi connectivity index (χ0v) is 19.3. The van der Waals surface area contributed by atoms with Crippen LogP contribution in [0.4, 0.5) is 4.79 Å². The molecule has 178 valence electrons. The van der Waals surface area contributed by atoms with Gasteiger partial charge in [0, 0.05) is 38.6 Å². The molecule has 0 spiro atoms. The number of imide groups is 1. The highest BCUT2D eigenvalue weighted by molar-refractivity contribution is 6.07. The van der Waals surface area contributed by atoms with Crippen molar-refractivity contribution >= 4 is 17.8 Å². The second kappa shape index (κ2) is 9.56. The second-order valence-corrected chi connectivity index (χ2v) is 9.47. The van der Waals surface area contributed by atoms with Gasteiger partial charge in [-0.15, -0.1) is 0 Å². The lowest BCUT2D eigenvalue weighted by Crippen LogP contribution is -2.53. The molecule has 1 atom stereocenters. The normalized spacial score (nSPS) is 23.7. The molecule has 8 nitrogen and oxygen atoms in total. The molecule has 0 unspecified atom stereocenters. The van der Waals surface area contributed by atoms with E-state index in [1.54, 1.807) is 0 Å². The van der Waals surface area contributed by atoms with Crippen LogP contribution in [0.15, 0.2) is 60.7 Å². The third-order valence-electron chi connectivity index (χ3n) is 6.87. The number of hydrogen-bond acceptors (Lipinski definition) is 5. The molecular formula is C26H31N5O3. The van der Waals surface area contributed by atoms with Crippen molar-refractivity contribution < 1.29 is 14.4 Å². The molecule has 2 aromatic rings. The van der Waals surface area contributed by atoms with Gasteiger partial charge < -0.3 is 10.6 Å². The molecule has 0 bridgehead atoms. The van der Waals surface area contributed by atoms with Crippen LogP contribution in [-0.4, -0.2) is 78.0 Å². The van der Waals surface area contributed by atoms with Crippen LogP contribution in [0.3, 0.4) is 0 Å². The van der Waals surface area contributed by atoms with E-state index >= 15 is 0 Å². The minimum absolute atomic E-state index is 0.0820. The number of hydrogen-bond donors (Lipinski definition) is 2. The molecule has 1 aliphatic carbocycles. The number of rotatable bonds is 8. The van der Waals surface area contributed by atoms with E-state index in [1.807, 2.05) is 60.7 Å². The highest BCUT2D eigenvalue weighted by Gasteiger charge is 2.52. The number of amides is 4. The van der Waals surface area contributed by atoms with Gasteiger partial charge in [0.25, 0.3) is 5.91 Å². The molecule has 34 heavy (non-hydrogen) atoms. The molecule has 3 fully saturated rings. The van der Waals surface area contributed by atoms with Crippen molar-refractivity contribution in [2.24, 2.45) is 0 Å². The van der Waals surface area contributed by atoms with Crippen LogP contribution in [0.2, 0.25) is 0 Å². The van der Waals surface area contributed by atoms with Gasteiger partial charge in [0.15, 0.2) is 5.54 Å². The fourth-order valence-corrected chi connectivity index (χ4v) is 4.79. The lowest BCUT2D eigenvalue weighted by atomic mass is 9.83. The third kappa shape index (κ3) is 4.83. The van der Waals surface area contributed by atoms with E-state index in [2.05, 4.69) is 20.4 Å². The number of carbonyl (C=O) groups is 3. The first-order chi connectivity index (χ1) is 16.5. The zero-order chi connectivity index (χ0) is 23.5. The van der Waals surface area contributed by atoms with Crippen molar-refractivity contribution in [1.82, 2.24) is 25.3 Å². The summed E-state index contributed by atoms with van der Waals surface area (Å²) in [5.74, 6) is -0.141. The molecule has 2 aromatic carbocycles. The van der Waals surface area contributed by atoms with Crippen molar-refractivity contribution in [1.29, 1.82) is 0 Å². The molecule has 8 heteroatoms. The van der Waals surface area contributed by atoms with Crippen LogP contribution in [-0.2, 0) is 21.5 Å². The molecule has 0 radical (unpaired) electrons. The minimum Gasteiger partial charge on any atom is -0.352 e. The van der Waals surface area contributed by atoms with Crippen molar-refractivity contribution in [2.45, 2.75) is 30.8 Å². The van der Waals surface area contributed by atoms with E-state index in [0.717, 1.165) is 37.1 Å². The van der Waals surface area contributed by atoms with Crippen molar-refractivity contribution in [3.63, 3.8) is 0 Å². The van der Waals surface area contributed by atoms with E-state index in [1.165, 1.54) is 4.90 Å². The Morgan fingerprint density at radius 2 is 1.53 bits per heavy atom. The van der Waals surface area contributed by atoms with Crippen LogP contribution in [0.25, 0.3) is 0 Å². The number of carbonyl (C=O) groups excluding carboxylic acids is 3. The fraction of sp³-hybridized carbons (Fsp3) is 0.423. The predicted molar refractivity (Wildman–Crippen MR) is 128 cm³/mol. The number of nitrogens with one attached hydrogen (secondary N) is 2. The van der Waals surface area contributed by atoms with E-state index in [9.17, 15) is 14.4 Å². The maximum atomic E-state index is 13.8. The molecule has 3 aliphatic rings. The standard InChI is InChI=1S/C26H31N5O3/c32-23(27-22-11-12-22)18-29-13-15-30(16-14-29)19-31-24(33)26(28-25(31)34,21-9-5-2-6-10-21)17-20-7-3-1-4-8-20/h1-10,22H,11-19H2,(H,27,32)(H,28,34)/t26-/m1/s1. The summed E-state index contributed by atoms with van der Waals surface area (Å²) in [7, 11) is 0. The Hall–Kier alpha value is -3.23. The lowest BCUT2D eigenvalue weighted by molar-refractivity contribution is -0.133. The molecule has 0 aromatic heterocycles. The second-order valence-electron chi connectivity index (χ2n) is 9.47. The molecule has 4 amide bonds. The van der Waals surface area contributed by atoms with E-state index in [0.29, 0.717) is 32.1 Å². The van der Waals surface area contributed by atoms with Gasteiger partial charge in [-0.3, -0.25) is 19.4 Å². The van der Waals surface area contributed by atoms with Gasteiger partial charge in [-0.1, -0.05) is 60.7 Å². The molecular weight excluding hydrogens is 430 g/mol. The molecule has 1 saturated carbocycles. The summed E-state index contributed by atoms with van der Waals surface area (Å²) in [6.07, 6.45) is 2.56. The SMILES string of the molecule is O=C(CN1CCN(CN2C(=O)N[C@](Cc3ccccc3)(c3ccccc3)C2=O)CC1)NC1CC1. The summed E-state index contributed by atoms with van der Waals surface area (Å²) in [6.45, 7) is 3.51. The van der Waals surface area contributed by atoms with E-state index in [-0.39, 0.29) is 24.5 Å². The highest BCUT2D eigenvalue weighted by atomic mass is 16.2. The average Bonchev–Trinajstić information content (AvgIpc) is 3.63. The summed E-state index contributed by atoms with van der Waals surface area (Å²) < 4.78 is 0. The fourth-order valence-electron chi connectivity index (χ4n) is 4.79. The Morgan fingerprint density at radius 1 is 0.912 bits per heavy atom. The van der Waals surface area contributed by atoms with Gasteiger partial charge in [-0.25, -0.2) is 9.69 Å². The van der Waals surface area contributed by atoms with Gasteiger partial charge >= 0.3 is 6.03 Å². The van der Waals surface area contributed by atoms with Gasteiger partial charge in [0.1, 0.15) is 0 Å². The Balaban J connectivity index is 1.25. The largest absolute Gasteiger partial charge is 0.352 e. The first-order valence-corrected chi connectivity index (χ1v) is 12.0. The van der Waals surface area contributed by atoms with Gasteiger partial charge in [-0.05, 0) is 24.0 Å². The molecule has 2 aliphatic heterocycles. The van der Waals surface area contributed by atoms with Gasteiger partial charge in [0.05, 0.1) is 13.2 Å². The Kier molecular flexibility index (Phi) is 6.34. The third-order valence-corrected chi connectivity index (χ3v) is 6.87. The summed E-state index contributed by atoms with van der Waals surface area (Å²) >= 11 is 0. The number of benzene rings is 2. The molecule has 2 saturated heterocycles. The summed E-state index contributed by atoms with van der Waals surface area (Å²) in [4.78, 5) is 44.5. The van der Waals surface area contributed by atoms with Gasteiger partial charge in [-0.2, -0.15) is 0 Å². The Bertz CT molecular complexity index is 1030. The summed E-state index contributed by atoms with van der Waals surface area (Å²) in [6, 6.07) is 19.3. The van der Waals surface area contributed by atoms with E-state index in [4.69, 9.17) is 0 Å². The zero-order valence-electron chi connectivity index (χ0n) is 19.3. The first kappa shape index (κ1) is 22.6. The maximum Gasteiger partial charge on any atom is 0.326 e. The monoisotopic (exact) mass is 461 g/mol. The first-order valence-electron chi connectivity index (χ1n) is 12.0. The summed E-state index contributed by atoms with van der Waals surface area (Å²) in [5, 5.41) is 6.06. The van der Waals surface area contributed by atoms with Crippen molar-refractivity contribution in [2.75, 3.05) is 39.4 Å². The topological polar surface area (TPSA) is 85.0 Å². The van der Waals surface area contributed by atoms with Crippen LogP contribution in [0.1, 0.15) is 24.0 Å². The molecule has 2 N–H and O–H groups in total. The maximum absolute atomic E-state index is 13.8. The highest BCUT2D eigenvalue weighted by Crippen LogP contribution is 2.33. The number of nitrogens with zero attached hydrogens (tertiary/aromatic N) is 3. The van der Waals surface area contributed by atoms with Crippen LogP contribution in [0.5, 0.6) is 0 Å². The Labute approximate surface area is 199 Å². The number of piperazine rings is 1. The van der Waals surface area contributed by atoms with Crippen LogP contribution >= 0.6 is 0 Å². The number of urea groups is 1. The smallest absolute Gasteiger partial charge is 0.326 e. The van der Waals surface area contributed by atoms with Crippen molar-refractivity contribution in [3.05, 3.63) is 71.8 Å². The Morgan fingerprint density at radius 3 is 2.18 bits per heavy atom. The lowest BCUT2D eigenvalue weighted by Gasteiger charge is -2.35. The average molecular weight is 462 g/mol. The minimum atomic E-state index is -1.12. The predicted octanol–water partition coefficient (Wildman–Crippen LogP) is 1.53. The van der Waals surface area contributed by atoms with Crippen LogP contribution < -0.4 is 10.6 Å². The summed E-state index contributed by atoms with van der Waals surface area (Å²) in [5.41, 5.74) is 0.647. The van der Waals surface area contributed by atoms with Gasteiger partial charge in [0.2, 0.25) is 5.91 Å². The quantitative estimate of drug-likeness (QED) is 0.583. The van der Waals surface area contributed by atoms with E-state index < -0.39 is 5.54 Å². The molecule has 2 heterocycles. The molecule has 5 rings (SSSR count). The van der Waals surface area contributed by atoms with Crippen LogP contribution in [0, 0.1) is 0 Å².